The fraction of sp³-hybridized carbons (Fsp3) is 0.286. The molecule has 1 aliphatic rings. The zero-order valence-corrected chi connectivity index (χ0v) is 19.5. The van der Waals surface area contributed by atoms with Crippen molar-refractivity contribution in [1.82, 2.24) is 4.90 Å². The molecule has 0 fully saturated rings. The number of carbonyl (C=O) groups is 1. The smallest absolute Gasteiger partial charge is 0.259 e. The summed E-state index contributed by atoms with van der Waals surface area (Å²) in [4.78, 5) is 15.2. The highest BCUT2D eigenvalue weighted by atomic mass is 127. The molecule has 0 saturated carbocycles. The quantitative estimate of drug-likeness (QED) is 0.417. The van der Waals surface area contributed by atoms with Gasteiger partial charge in [-0.3, -0.25) is 4.79 Å². The Labute approximate surface area is 175 Å². The van der Waals surface area contributed by atoms with Crippen molar-refractivity contribution < 1.29 is 14.3 Å². The fourth-order valence-electron chi connectivity index (χ4n) is 3.15. The number of hydrogen-bond donors (Lipinski definition) is 0. The first-order valence-corrected chi connectivity index (χ1v) is 13.4. The number of rotatable bonds is 5. The van der Waals surface area contributed by atoms with Gasteiger partial charge in [-0.15, -0.1) is 0 Å². The van der Waals surface area contributed by atoms with Crippen LogP contribution in [0.4, 0.5) is 0 Å². The summed E-state index contributed by atoms with van der Waals surface area (Å²) in [5, 5.41) is 0. The number of nitrogens with zero attached hydrogens (tertiary/aromatic N) is 1. The average Bonchev–Trinajstić information content (AvgIpc) is 2.91. The van der Waals surface area contributed by atoms with E-state index in [4.69, 9.17) is 9.47 Å². The Kier molecular flexibility index (Phi) is 5.67. The normalized spacial score (nSPS) is 15.6. The minimum Gasteiger partial charge on any atom is -0.493 e. The van der Waals surface area contributed by atoms with Crippen molar-refractivity contribution in [3.05, 3.63) is 62.4 Å². The third-order valence-electron chi connectivity index (χ3n) is 4.57. The molecule has 0 aliphatic carbocycles. The van der Waals surface area contributed by atoms with E-state index < -0.39 is 8.07 Å². The third-order valence-corrected chi connectivity index (χ3v) is 11.5. The Balaban J connectivity index is 2.20. The summed E-state index contributed by atoms with van der Waals surface area (Å²) < 4.78 is 12.2. The van der Waals surface area contributed by atoms with Crippen LogP contribution >= 0.6 is 22.6 Å². The number of carbonyl (C=O) groups excluding carboxylic acids is 1. The lowest BCUT2D eigenvalue weighted by molar-refractivity contribution is 0.0842. The summed E-state index contributed by atoms with van der Waals surface area (Å²) in [6.45, 7) is 7.44. The average molecular weight is 493 g/mol. The molecule has 0 radical (unpaired) electrons. The second kappa shape index (κ2) is 7.67. The topological polar surface area (TPSA) is 38.8 Å². The van der Waals surface area contributed by atoms with E-state index in [1.54, 1.807) is 20.3 Å². The molecule has 6 heteroatoms. The number of hydrogen-bond acceptors (Lipinski definition) is 3. The number of fused-ring (bicyclic) bond motifs is 1. The maximum absolute atomic E-state index is 13.3. The molecule has 1 heterocycles. The Bertz CT molecular complexity index is 904. The Morgan fingerprint density at radius 3 is 2.07 bits per heavy atom. The van der Waals surface area contributed by atoms with Crippen LogP contribution in [0.3, 0.4) is 0 Å². The van der Waals surface area contributed by atoms with Gasteiger partial charge < -0.3 is 14.4 Å². The largest absolute Gasteiger partial charge is 0.493 e. The monoisotopic (exact) mass is 493 g/mol. The summed E-state index contributed by atoms with van der Waals surface area (Å²) >= 11 is 2.43. The van der Waals surface area contributed by atoms with Crippen LogP contribution in [0.2, 0.25) is 19.6 Å². The molecule has 27 heavy (non-hydrogen) atoms. The van der Waals surface area contributed by atoms with E-state index >= 15 is 0 Å². The predicted molar refractivity (Wildman–Crippen MR) is 120 cm³/mol. The van der Waals surface area contributed by atoms with E-state index in [1.807, 2.05) is 29.2 Å². The number of halogens is 1. The van der Waals surface area contributed by atoms with Gasteiger partial charge in [0.1, 0.15) is 0 Å². The molecule has 0 aromatic heterocycles. The van der Waals surface area contributed by atoms with Gasteiger partial charge in [0, 0.05) is 8.77 Å². The minimum absolute atomic E-state index is 0.0113. The van der Waals surface area contributed by atoms with Crippen molar-refractivity contribution in [1.29, 1.82) is 0 Å². The van der Waals surface area contributed by atoms with Crippen LogP contribution in [-0.2, 0) is 6.54 Å². The zero-order valence-electron chi connectivity index (χ0n) is 16.3. The summed E-state index contributed by atoms with van der Waals surface area (Å²) in [6, 6.07) is 13.8. The van der Waals surface area contributed by atoms with Crippen LogP contribution in [0.1, 0.15) is 21.5 Å². The van der Waals surface area contributed by atoms with Crippen LogP contribution in [0, 0.1) is 0 Å². The van der Waals surface area contributed by atoms with Gasteiger partial charge in [-0.05, 0) is 17.7 Å². The zero-order chi connectivity index (χ0) is 19.8. The highest BCUT2D eigenvalue weighted by Crippen LogP contribution is 2.44. The number of benzene rings is 2. The van der Waals surface area contributed by atoms with Gasteiger partial charge in [-0.1, -0.05) is 72.6 Å². The van der Waals surface area contributed by atoms with Crippen molar-refractivity contribution in [2.45, 2.75) is 26.2 Å². The summed E-state index contributed by atoms with van der Waals surface area (Å²) in [5.41, 5.74) is 3.72. The molecule has 1 amide bonds. The van der Waals surface area contributed by atoms with Gasteiger partial charge in [0.15, 0.2) is 11.5 Å². The van der Waals surface area contributed by atoms with Crippen LogP contribution in [-0.4, -0.2) is 33.1 Å². The summed E-state index contributed by atoms with van der Waals surface area (Å²) in [6.07, 6.45) is 0. The van der Waals surface area contributed by atoms with Crippen molar-refractivity contribution in [2.24, 2.45) is 0 Å². The van der Waals surface area contributed by atoms with Crippen LogP contribution in [0.15, 0.2) is 45.7 Å². The lowest BCUT2D eigenvalue weighted by Crippen LogP contribution is -2.28. The molecule has 0 atom stereocenters. The molecule has 0 spiro atoms. The second-order valence-electron chi connectivity index (χ2n) is 7.54. The van der Waals surface area contributed by atoms with E-state index in [1.165, 1.54) is 3.20 Å². The molecule has 1 aliphatic heterocycles. The van der Waals surface area contributed by atoms with E-state index in [0.717, 1.165) is 16.8 Å². The lowest BCUT2D eigenvalue weighted by atomic mass is 10.1. The lowest BCUT2D eigenvalue weighted by Gasteiger charge is -2.25. The van der Waals surface area contributed by atoms with Gasteiger partial charge in [-0.25, -0.2) is 0 Å². The molecule has 0 unspecified atom stereocenters. The summed E-state index contributed by atoms with van der Waals surface area (Å²) in [7, 11) is 1.58. The van der Waals surface area contributed by atoms with E-state index in [2.05, 4.69) is 54.4 Å². The molecule has 2 aromatic rings. The minimum atomic E-state index is -1.63. The van der Waals surface area contributed by atoms with Crippen LogP contribution in [0.25, 0.3) is 5.70 Å². The van der Waals surface area contributed by atoms with Gasteiger partial charge in [0.25, 0.3) is 5.91 Å². The molecule has 142 valence electrons. The van der Waals surface area contributed by atoms with Crippen molar-refractivity contribution in [3.8, 4) is 11.5 Å². The first kappa shape index (κ1) is 19.9. The van der Waals surface area contributed by atoms with Crippen LogP contribution in [0.5, 0.6) is 11.5 Å². The molecule has 0 N–H and O–H groups in total. The second-order valence-corrected chi connectivity index (χ2v) is 14.6. The van der Waals surface area contributed by atoms with E-state index in [0.29, 0.717) is 23.6 Å². The Morgan fingerprint density at radius 2 is 1.56 bits per heavy atom. The van der Waals surface area contributed by atoms with E-state index in [9.17, 15) is 4.79 Å². The molecule has 2 aromatic carbocycles. The highest BCUT2D eigenvalue weighted by Gasteiger charge is 2.38. The predicted octanol–water partition coefficient (Wildman–Crippen LogP) is 5.34. The molecule has 4 nitrogen and oxygen atoms in total. The van der Waals surface area contributed by atoms with Gasteiger partial charge in [-0.2, -0.15) is 0 Å². The fourth-order valence-corrected chi connectivity index (χ4v) is 4.71. The van der Waals surface area contributed by atoms with Crippen LogP contribution < -0.4 is 9.47 Å². The first-order valence-electron chi connectivity index (χ1n) is 8.80. The Morgan fingerprint density at radius 1 is 1.00 bits per heavy atom. The van der Waals surface area contributed by atoms with Crippen molar-refractivity contribution in [3.63, 3.8) is 0 Å². The SMILES string of the molecule is COc1cc2c(cc1OC)/C(=C(/I)[Si](C)(C)C)N(Cc1ccccc1)C2=O. The first-order chi connectivity index (χ1) is 12.8. The van der Waals surface area contributed by atoms with Crippen molar-refractivity contribution >= 4 is 42.3 Å². The molecule has 0 bridgehead atoms. The highest BCUT2D eigenvalue weighted by molar-refractivity contribution is 14.1. The number of methoxy groups -OCH3 is 2. The molecule has 0 saturated heterocycles. The standard InChI is InChI=1S/C21H24INO3Si/c1-25-17-11-15-16(12-18(17)26-2)21(24)23(13-14-9-7-6-8-10-14)19(15)20(22)27(3,4)5/h6-12H,13H2,1-5H3/b20-19+. The van der Waals surface area contributed by atoms with Gasteiger partial charge in [0.2, 0.25) is 0 Å². The molecule has 3 rings (SSSR count). The number of amides is 1. The third kappa shape index (κ3) is 3.78. The number of ether oxygens (including phenoxy) is 2. The Hall–Kier alpha value is -1.80. The summed E-state index contributed by atoms with van der Waals surface area (Å²) in [5.74, 6) is 1.23. The maximum atomic E-state index is 13.3. The van der Waals surface area contributed by atoms with Crippen molar-refractivity contribution in [2.75, 3.05) is 14.2 Å². The van der Waals surface area contributed by atoms with Gasteiger partial charge in [0.05, 0.1) is 40.1 Å². The molecular weight excluding hydrogens is 469 g/mol. The maximum Gasteiger partial charge on any atom is 0.259 e. The van der Waals surface area contributed by atoms with E-state index in [-0.39, 0.29) is 5.91 Å². The molecular formula is C21H24INO3Si. The van der Waals surface area contributed by atoms with Gasteiger partial charge >= 0.3 is 0 Å².